The lowest BCUT2D eigenvalue weighted by Gasteiger charge is -2.17. The molecule has 0 bridgehead atoms. The fourth-order valence-corrected chi connectivity index (χ4v) is 3.53. The monoisotopic (exact) mass is 409 g/mol. The first-order chi connectivity index (χ1) is 13.9. The van der Waals surface area contributed by atoms with Gasteiger partial charge in [0.05, 0.1) is 22.9 Å². The summed E-state index contributed by atoms with van der Waals surface area (Å²) in [6.07, 6.45) is 1.50. The van der Waals surface area contributed by atoms with E-state index in [-0.39, 0.29) is 28.9 Å². The van der Waals surface area contributed by atoms with E-state index in [4.69, 9.17) is 16.3 Å². The number of aromatic nitrogens is 2. The molecule has 2 N–H and O–H groups in total. The molecule has 8 nitrogen and oxygen atoms in total. The van der Waals surface area contributed by atoms with Crippen LogP contribution in [0.25, 0.3) is 10.9 Å². The number of rotatable bonds is 2. The highest BCUT2D eigenvalue weighted by Gasteiger charge is 2.27. The van der Waals surface area contributed by atoms with Crippen LogP contribution in [-0.4, -0.2) is 28.2 Å². The van der Waals surface area contributed by atoms with Crippen molar-refractivity contribution in [1.29, 1.82) is 5.26 Å². The number of hydrogen-bond acceptors (Lipinski definition) is 7. The molecule has 1 atom stereocenters. The van der Waals surface area contributed by atoms with Gasteiger partial charge < -0.3 is 19.9 Å². The molecular weight excluding hydrogens is 394 g/mol. The highest BCUT2D eigenvalue weighted by molar-refractivity contribution is 6.31. The molecule has 0 aliphatic carbocycles. The summed E-state index contributed by atoms with van der Waals surface area (Å²) in [5.41, 5.74) is 2.03. The molecule has 3 aromatic rings. The third-order valence-electron chi connectivity index (χ3n) is 4.75. The minimum Gasteiger partial charge on any atom is -0.460 e. The Kier molecular flexibility index (Phi) is 4.60. The van der Waals surface area contributed by atoms with Gasteiger partial charge in [-0.3, -0.25) is 4.79 Å². The average Bonchev–Trinajstić information content (AvgIpc) is 2.85. The second-order valence-electron chi connectivity index (χ2n) is 6.75. The lowest BCUT2D eigenvalue weighted by atomic mass is 10.1. The van der Waals surface area contributed by atoms with Crippen molar-refractivity contribution in [3.8, 4) is 6.07 Å². The topological polar surface area (TPSA) is 109 Å². The molecule has 9 heteroatoms. The van der Waals surface area contributed by atoms with Gasteiger partial charge in [0.2, 0.25) is 0 Å². The number of esters is 1. The molecule has 0 unspecified atom stereocenters. The van der Waals surface area contributed by atoms with Crippen molar-refractivity contribution >= 4 is 45.5 Å². The number of carbonyl (C=O) groups excluding carboxylic acids is 1. The summed E-state index contributed by atoms with van der Waals surface area (Å²) < 4.78 is 6.63. The SMILES string of the molecule is C[C@H]1COC(=O)c2c(c3cc(Nc4ccnc(Cl)c4C#N)ccc3n(C)c2=O)N1. The van der Waals surface area contributed by atoms with Crippen molar-refractivity contribution in [2.75, 3.05) is 17.2 Å². The van der Waals surface area contributed by atoms with Gasteiger partial charge >= 0.3 is 5.97 Å². The Balaban J connectivity index is 1.92. The van der Waals surface area contributed by atoms with E-state index >= 15 is 0 Å². The Bertz CT molecular complexity index is 1260. The Labute approximate surface area is 170 Å². The molecule has 1 aliphatic heterocycles. The summed E-state index contributed by atoms with van der Waals surface area (Å²) in [7, 11) is 1.61. The molecule has 0 amide bonds. The standard InChI is InChI=1S/C20H16ClN5O3/c1-10-9-29-20(28)16-17(24-10)12-7-11(3-4-15(12)26(2)19(16)27)25-14-5-6-23-18(21)13(14)8-22/h3-7,10,24H,9H2,1-2H3,(H,23,25)/t10-/m0/s1. The molecular formula is C20H16ClN5O3. The number of nitrogens with one attached hydrogen (secondary N) is 2. The van der Waals surface area contributed by atoms with E-state index < -0.39 is 11.5 Å². The van der Waals surface area contributed by atoms with Crippen molar-refractivity contribution in [1.82, 2.24) is 9.55 Å². The molecule has 146 valence electrons. The normalized spacial score (nSPS) is 15.7. The molecule has 2 aromatic heterocycles. The highest BCUT2D eigenvalue weighted by atomic mass is 35.5. The minimum atomic E-state index is -0.648. The van der Waals surface area contributed by atoms with Crippen LogP contribution in [0, 0.1) is 11.3 Å². The van der Waals surface area contributed by atoms with Crippen LogP contribution >= 0.6 is 11.6 Å². The maximum atomic E-state index is 12.7. The average molecular weight is 410 g/mol. The van der Waals surface area contributed by atoms with E-state index in [0.717, 1.165) is 0 Å². The number of nitrogens with zero attached hydrogens (tertiary/aromatic N) is 3. The zero-order valence-corrected chi connectivity index (χ0v) is 16.4. The summed E-state index contributed by atoms with van der Waals surface area (Å²) >= 11 is 6.00. The van der Waals surface area contributed by atoms with Crippen LogP contribution in [0.15, 0.2) is 35.3 Å². The molecule has 0 spiro atoms. The largest absolute Gasteiger partial charge is 0.460 e. The van der Waals surface area contributed by atoms with Crippen molar-refractivity contribution in [3.05, 3.63) is 57.1 Å². The van der Waals surface area contributed by atoms with Gasteiger partial charge in [0.25, 0.3) is 5.56 Å². The molecule has 3 heterocycles. The van der Waals surface area contributed by atoms with Crippen LogP contribution in [-0.2, 0) is 11.8 Å². The maximum absolute atomic E-state index is 12.7. The number of halogens is 1. The van der Waals surface area contributed by atoms with Crippen LogP contribution in [0.1, 0.15) is 22.8 Å². The number of nitriles is 1. The summed E-state index contributed by atoms with van der Waals surface area (Å²) in [6.45, 7) is 2.03. The molecule has 1 aliphatic rings. The number of hydrogen-bond donors (Lipinski definition) is 2. The molecule has 29 heavy (non-hydrogen) atoms. The van der Waals surface area contributed by atoms with Gasteiger partial charge in [0.1, 0.15) is 29.0 Å². The van der Waals surface area contributed by atoms with Crippen molar-refractivity contribution in [2.45, 2.75) is 13.0 Å². The number of pyridine rings is 2. The molecule has 0 fully saturated rings. The Morgan fingerprint density at radius 3 is 2.93 bits per heavy atom. The van der Waals surface area contributed by atoms with Crippen LogP contribution < -0.4 is 16.2 Å². The molecule has 4 rings (SSSR count). The van der Waals surface area contributed by atoms with Gasteiger partial charge in [-0.2, -0.15) is 5.26 Å². The second-order valence-corrected chi connectivity index (χ2v) is 7.11. The van der Waals surface area contributed by atoms with Gasteiger partial charge in [-0.1, -0.05) is 11.6 Å². The van der Waals surface area contributed by atoms with Crippen molar-refractivity contribution in [2.24, 2.45) is 7.05 Å². The summed E-state index contributed by atoms with van der Waals surface area (Å²) in [5.74, 6) is -0.648. The first-order valence-corrected chi connectivity index (χ1v) is 9.20. The van der Waals surface area contributed by atoms with Crippen LogP contribution in [0.4, 0.5) is 17.1 Å². The lowest BCUT2D eigenvalue weighted by molar-refractivity contribution is 0.0503. The van der Waals surface area contributed by atoms with Gasteiger partial charge in [-0.25, -0.2) is 9.78 Å². The predicted molar refractivity (Wildman–Crippen MR) is 110 cm³/mol. The number of anilines is 3. The number of ether oxygens (including phenoxy) is 1. The van der Waals surface area contributed by atoms with E-state index in [1.54, 1.807) is 31.3 Å². The van der Waals surface area contributed by atoms with E-state index in [1.165, 1.54) is 10.8 Å². The van der Waals surface area contributed by atoms with E-state index in [9.17, 15) is 14.9 Å². The van der Waals surface area contributed by atoms with Crippen molar-refractivity contribution < 1.29 is 9.53 Å². The van der Waals surface area contributed by atoms with E-state index in [1.807, 2.05) is 13.0 Å². The van der Waals surface area contributed by atoms with Gasteiger partial charge in [0, 0.05) is 24.3 Å². The number of carbonyl (C=O) groups is 1. The zero-order chi connectivity index (χ0) is 20.7. The quantitative estimate of drug-likeness (QED) is 0.494. The van der Waals surface area contributed by atoms with Gasteiger partial charge in [-0.05, 0) is 31.2 Å². The first kappa shape index (κ1) is 18.8. The minimum absolute atomic E-state index is 0.0221. The van der Waals surface area contributed by atoms with E-state index in [0.29, 0.717) is 28.0 Å². The van der Waals surface area contributed by atoms with Crippen LogP contribution in [0.2, 0.25) is 5.15 Å². The van der Waals surface area contributed by atoms with Crippen LogP contribution in [0.5, 0.6) is 0 Å². The predicted octanol–water partition coefficient (Wildman–Crippen LogP) is 3.17. The fraction of sp³-hybridized carbons (Fsp3) is 0.200. The number of cyclic esters (lactones) is 1. The third kappa shape index (κ3) is 3.15. The van der Waals surface area contributed by atoms with Crippen LogP contribution in [0.3, 0.4) is 0 Å². The van der Waals surface area contributed by atoms with Gasteiger partial charge in [-0.15, -0.1) is 0 Å². The number of benzene rings is 1. The molecule has 1 aromatic carbocycles. The zero-order valence-electron chi connectivity index (χ0n) is 15.6. The third-order valence-corrected chi connectivity index (χ3v) is 5.04. The lowest BCUT2D eigenvalue weighted by Crippen LogP contribution is -2.26. The van der Waals surface area contributed by atoms with Gasteiger partial charge in [0.15, 0.2) is 0 Å². The Hall–Kier alpha value is -3.57. The fourth-order valence-electron chi connectivity index (χ4n) is 3.33. The Morgan fingerprint density at radius 2 is 2.17 bits per heavy atom. The number of fused-ring (bicyclic) bond motifs is 3. The Morgan fingerprint density at radius 1 is 1.38 bits per heavy atom. The smallest absolute Gasteiger partial charge is 0.346 e. The molecule has 0 saturated heterocycles. The summed E-state index contributed by atoms with van der Waals surface area (Å²) in [4.78, 5) is 29.1. The summed E-state index contributed by atoms with van der Waals surface area (Å²) in [6, 6.07) is 8.88. The van der Waals surface area contributed by atoms with Crippen molar-refractivity contribution in [3.63, 3.8) is 0 Å². The van der Waals surface area contributed by atoms with E-state index in [2.05, 4.69) is 15.6 Å². The summed E-state index contributed by atoms with van der Waals surface area (Å²) in [5, 5.41) is 16.5. The first-order valence-electron chi connectivity index (χ1n) is 8.82. The second kappa shape index (κ2) is 7.11. The molecule has 0 radical (unpaired) electrons. The molecule has 0 saturated carbocycles. The maximum Gasteiger partial charge on any atom is 0.346 e. The number of aryl methyl sites for hydroxylation is 1. The highest BCUT2D eigenvalue weighted by Crippen LogP contribution is 2.32.